The maximum Gasteiger partial charge on any atom is 0.349 e. The number of carbonyl (C=O) groups is 1. The zero-order valence-corrected chi connectivity index (χ0v) is 18.4. The molecule has 0 aliphatic carbocycles. The van der Waals surface area contributed by atoms with Gasteiger partial charge in [-0.3, -0.25) is 0 Å². The van der Waals surface area contributed by atoms with Crippen molar-refractivity contribution in [2.75, 3.05) is 7.05 Å². The van der Waals surface area contributed by atoms with Crippen molar-refractivity contribution in [2.45, 2.75) is 17.5 Å². The van der Waals surface area contributed by atoms with Gasteiger partial charge in [0, 0.05) is 19.2 Å². The third kappa shape index (κ3) is 5.54. The predicted octanol–water partition coefficient (Wildman–Crippen LogP) is 4.00. The SMILES string of the molecule is CN(Cc1ccc(OC(C(=O)O)c2cc(F)cc(C#N)c2)cc1)S(=O)(=O)c1ccc(F)c(F)c1. The molecule has 0 aliphatic heterocycles. The molecule has 11 heteroatoms. The van der Waals surface area contributed by atoms with Crippen LogP contribution < -0.4 is 4.74 Å². The van der Waals surface area contributed by atoms with Gasteiger partial charge in [0.1, 0.15) is 11.6 Å². The fourth-order valence-corrected chi connectivity index (χ4v) is 4.23. The number of benzene rings is 3. The van der Waals surface area contributed by atoms with Gasteiger partial charge in [-0.25, -0.2) is 26.4 Å². The van der Waals surface area contributed by atoms with E-state index in [1.165, 1.54) is 37.4 Å². The van der Waals surface area contributed by atoms with E-state index in [1.807, 2.05) is 0 Å². The summed E-state index contributed by atoms with van der Waals surface area (Å²) in [6.45, 7) is -0.126. The third-order valence-corrected chi connectivity index (χ3v) is 6.56. The normalized spacial score (nSPS) is 12.2. The Bertz CT molecular complexity index is 1370. The number of sulfonamides is 1. The second-order valence-electron chi connectivity index (χ2n) is 7.20. The summed E-state index contributed by atoms with van der Waals surface area (Å²) in [7, 11) is -2.85. The van der Waals surface area contributed by atoms with Crippen LogP contribution in [-0.2, 0) is 21.4 Å². The van der Waals surface area contributed by atoms with E-state index >= 15 is 0 Å². The maximum absolute atomic E-state index is 13.7. The zero-order chi connectivity index (χ0) is 25.0. The van der Waals surface area contributed by atoms with Crippen LogP contribution in [0.15, 0.2) is 65.6 Å². The predicted molar refractivity (Wildman–Crippen MR) is 114 cm³/mol. The van der Waals surface area contributed by atoms with Crippen molar-refractivity contribution in [3.8, 4) is 11.8 Å². The van der Waals surface area contributed by atoms with Crippen molar-refractivity contribution in [2.24, 2.45) is 0 Å². The molecule has 0 saturated carbocycles. The standard InChI is InChI=1S/C23H17F3N2O5S/c1-28(34(31,32)19-6-7-20(25)21(26)11-19)13-14-2-4-18(5-3-14)33-22(23(29)30)16-8-15(12-27)9-17(24)10-16/h2-11,22H,13H2,1H3,(H,29,30). The molecule has 34 heavy (non-hydrogen) atoms. The molecule has 176 valence electrons. The summed E-state index contributed by atoms with van der Waals surface area (Å²) in [4.78, 5) is 11.3. The first kappa shape index (κ1) is 24.8. The topological polar surface area (TPSA) is 108 Å². The summed E-state index contributed by atoms with van der Waals surface area (Å²) in [5.41, 5.74) is 0.362. The first-order valence-corrected chi connectivity index (χ1v) is 11.1. The van der Waals surface area contributed by atoms with E-state index in [9.17, 15) is 31.5 Å². The van der Waals surface area contributed by atoms with Crippen LogP contribution >= 0.6 is 0 Å². The largest absolute Gasteiger partial charge is 0.478 e. The first-order valence-electron chi connectivity index (χ1n) is 9.61. The summed E-state index contributed by atoms with van der Waals surface area (Å²) < 4.78 is 71.9. The van der Waals surface area contributed by atoms with Gasteiger partial charge in [-0.1, -0.05) is 12.1 Å². The third-order valence-electron chi connectivity index (χ3n) is 4.76. The van der Waals surface area contributed by atoms with Crippen LogP contribution in [0.5, 0.6) is 5.75 Å². The van der Waals surface area contributed by atoms with E-state index in [-0.39, 0.29) is 23.4 Å². The van der Waals surface area contributed by atoms with Crippen molar-refractivity contribution < 1.29 is 36.2 Å². The lowest BCUT2D eigenvalue weighted by molar-refractivity contribution is -0.145. The molecule has 0 radical (unpaired) electrons. The number of carboxylic acid groups (broad SMARTS) is 1. The summed E-state index contributed by atoms with van der Waals surface area (Å²) in [6.07, 6.45) is -1.59. The van der Waals surface area contributed by atoms with E-state index in [4.69, 9.17) is 10.00 Å². The van der Waals surface area contributed by atoms with Crippen LogP contribution in [0.25, 0.3) is 0 Å². The minimum Gasteiger partial charge on any atom is -0.478 e. The monoisotopic (exact) mass is 490 g/mol. The van der Waals surface area contributed by atoms with Crippen molar-refractivity contribution in [3.05, 3.63) is 94.8 Å². The number of carboxylic acids is 1. The van der Waals surface area contributed by atoms with Gasteiger partial charge in [0.25, 0.3) is 0 Å². The smallest absolute Gasteiger partial charge is 0.349 e. The second-order valence-corrected chi connectivity index (χ2v) is 9.25. The minimum absolute atomic E-state index is 0.0644. The van der Waals surface area contributed by atoms with Gasteiger partial charge < -0.3 is 9.84 Å². The van der Waals surface area contributed by atoms with Crippen LogP contribution in [0.1, 0.15) is 22.8 Å². The minimum atomic E-state index is -4.11. The second kappa shape index (κ2) is 9.94. The van der Waals surface area contributed by atoms with Crippen molar-refractivity contribution in [3.63, 3.8) is 0 Å². The van der Waals surface area contributed by atoms with Gasteiger partial charge in [0.15, 0.2) is 11.6 Å². The Morgan fingerprint density at radius 1 is 1.06 bits per heavy atom. The van der Waals surface area contributed by atoms with Crippen LogP contribution in [0.3, 0.4) is 0 Å². The van der Waals surface area contributed by atoms with Gasteiger partial charge in [0.05, 0.1) is 16.5 Å². The molecule has 3 aromatic rings. The lowest BCUT2D eigenvalue weighted by Gasteiger charge is -2.19. The molecule has 3 rings (SSSR count). The van der Waals surface area contributed by atoms with Crippen LogP contribution in [0, 0.1) is 28.8 Å². The molecule has 1 unspecified atom stereocenters. The summed E-state index contributed by atoms with van der Waals surface area (Å²) in [6, 6.07) is 12.9. The molecular formula is C23H17F3N2O5S. The molecule has 0 heterocycles. The number of nitriles is 1. The fraction of sp³-hybridized carbons (Fsp3) is 0.130. The highest BCUT2D eigenvalue weighted by molar-refractivity contribution is 7.89. The molecule has 1 atom stereocenters. The number of hydrogen-bond donors (Lipinski definition) is 1. The highest BCUT2D eigenvalue weighted by Gasteiger charge is 2.24. The maximum atomic E-state index is 13.7. The van der Waals surface area contributed by atoms with E-state index in [0.29, 0.717) is 11.6 Å². The lowest BCUT2D eigenvalue weighted by Crippen LogP contribution is -2.26. The van der Waals surface area contributed by atoms with Gasteiger partial charge in [-0.15, -0.1) is 0 Å². The first-order chi connectivity index (χ1) is 16.0. The van der Waals surface area contributed by atoms with E-state index in [1.54, 1.807) is 6.07 Å². The van der Waals surface area contributed by atoms with Gasteiger partial charge in [-0.2, -0.15) is 9.57 Å². The van der Waals surface area contributed by atoms with Gasteiger partial charge in [-0.05, 0) is 54.1 Å². The van der Waals surface area contributed by atoms with Crippen molar-refractivity contribution >= 4 is 16.0 Å². The Morgan fingerprint density at radius 2 is 1.74 bits per heavy atom. The Morgan fingerprint density at radius 3 is 2.32 bits per heavy atom. The fourth-order valence-electron chi connectivity index (χ4n) is 3.06. The summed E-state index contributed by atoms with van der Waals surface area (Å²) in [5, 5.41) is 18.5. The molecule has 7 nitrogen and oxygen atoms in total. The van der Waals surface area contributed by atoms with E-state index < -0.39 is 44.4 Å². The van der Waals surface area contributed by atoms with Crippen molar-refractivity contribution in [1.82, 2.24) is 4.31 Å². The molecule has 3 aromatic carbocycles. The molecule has 0 spiro atoms. The summed E-state index contributed by atoms with van der Waals surface area (Å²) >= 11 is 0. The molecule has 0 aromatic heterocycles. The highest BCUT2D eigenvalue weighted by atomic mass is 32.2. The molecule has 0 saturated heterocycles. The molecule has 0 fully saturated rings. The molecule has 1 N–H and O–H groups in total. The van der Waals surface area contributed by atoms with Gasteiger partial charge >= 0.3 is 5.97 Å². The molecular weight excluding hydrogens is 473 g/mol. The number of halogens is 3. The summed E-state index contributed by atoms with van der Waals surface area (Å²) in [5.74, 6) is -4.55. The van der Waals surface area contributed by atoms with Gasteiger partial charge in [0.2, 0.25) is 16.1 Å². The van der Waals surface area contributed by atoms with Crippen molar-refractivity contribution in [1.29, 1.82) is 5.26 Å². The Hall–Kier alpha value is -3.88. The number of nitrogens with zero attached hydrogens (tertiary/aromatic N) is 2. The lowest BCUT2D eigenvalue weighted by atomic mass is 10.1. The quantitative estimate of drug-likeness (QED) is 0.512. The van der Waals surface area contributed by atoms with Crippen LogP contribution in [0.2, 0.25) is 0 Å². The molecule has 0 bridgehead atoms. The average Bonchev–Trinajstić information content (AvgIpc) is 2.79. The molecule has 0 amide bonds. The molecule has 0 aliphatic rings. The van der Waals surface area contributed by atoms with E-state index in [0.717, 1.165) is 28.6 Å². The number of ether oxygens (including phenoxy) is 1. The van der Waals surface area contributed by atoms with Crippen LogP contribution in [0.4, 0.5) is 13.2 Å². The Labute approximate surface area is 193 Å². The Kier molecular flexibility index (Phi) is 7.24. The highest BCUT2D eigenvalue weighted by Crippen LogP contribution is 2.25. The zero-order valence-electron chi connectivity index (χ0n) is 17.6. The number of hydrogen-bond acceptors (Lipinski definition) is 5. The Balaban J connectivity index is 1.76. The number of rotatable bonds is 8. The average molecular weight is 490 g/mol. The van der Waals surface area contributed by atoms with E-state index in [2.05, 4.69) is 0 Å². The van der Waals surface area contributed by atoms with Crippen LogP contribution in [-0.4, -0.2) is 30.8 Å². The number of aliphatic carboxylic acids is 1.